The summed E-state index contributed by atoms with van der Waals surface area (Å²) in [5, 5.41) is 0. The van der Waals surface area contributed by atoms with Crippen LogP contribution in [-0.2, 0) is 14.3 Å². The Balaban J connectivity index is 2.18. The van der Waals surface area contributed by atoms with E-state index in [1.54, 1.807) is 0 Å². The van der Waals surface area contributed by atoms with Gasteiger partial charge >= 0.3 is 5.97 Å². The maximum atomic E-state index is 11.4. The fourth-order valence-corrected chi connectivity index (χ4v) is 1.46. The molecular weight excluding hydrogens is 182 g/mol. The van der Waals surface area contributed by atoms with Crippen LogP contribution < -0.4 is 5.73 Å². The topological polar surface area (TPSA) is 61.6 Å². The predicted molar refractivity (Wildman–Crippen MR) is 52.7 cm³/mol. The number of nitrogens with two attached hydrogens (primary N) is 1. The van der Waals surface area contributed by atoms with Crippen molar-refractivity contribution in [3.63, 3.8) is 0 Å². The Morgan fingerprint density at radius 2 is 2.50 bits per heavy atom. The first-order valence-corrected chi connectivity index (χ1v) is 5.22. The average Bonchev–Trinajstić information content (AvgIpc) is 2.69. The average molecular weight is 201 g/mol. The Morgan fingerprint density at radius 3 is 3.00 bits per heavy atom. The summed E-state index contributed by atoms with van der Waals surface area (Å²) in [4.78, 5) is 11.4. The number of carbonyl (C=O) groups excluding carboxylic acids is 1. The van der Waals surface area contributed by atoms with E-state index in [2.05, 4.69) is 0 Å². The molecule has 2 unspecified atom stereocenters. The lowest BCUT2D eigenvalue weighted by Gasteiger charge is -2.13. The zero-order valence-electron chi connectivity index (χ0n) is 8.70. The largest absolute Gasteiger partial charge is 0.465 e. The summed E-state index contributed by atoms with van der Waals surface area (Å²) in [5.74, 6) is 0.0773. The summed E-state index contributed by atoms with van der Waals surface area (Å²) in [5.41, 5.74) is 5.44. The van der Waals surface area contributed by atoms with Gasteiger partial charge in [0.1, 0.15) is 0 Å². The van der Waals surface area contributed by atoms with Crippen LogP contribution in [0.2, 0.25) is 0 Å². The van der Waals surface area contributed by atoms with Crippen molar-refractivity contribution in [2.75, 3.05) is 26.4 Å². The van der Waals surface area contributed by atoms with Crippen LogP contribution in [0.5, 0.6) is 0 Å². The third kappa shape index (κ3) is 3.27. The van der Waals surface area contributed by atoms with Gasteiger partial charge in [0.05, 0.1) is 19.1 Å². The molecule has 0 aromatic carbocycles. The van der Waals surface area contributed by atoms with Gasteiger partial charge in [-0.2, -0.15) is 0 Å². The number of ether oxygens (including phenoxy) is 2. The van der Waals surface area contributed by atoms with Gasteiger partial charge in [-0.3, -0.25) is 4.79 Å². The third-order valence-corrected chi connectivity index (χ3v) is 2.60. The minimum atomic E-state index is -0.165. The molecule has 1 aliphatic rings. The molecule has 1 saturated heterocycles. The molecule has 0 aromatic rings. The van der Waals surface area contributed by atoms with E-state index in [1.165, 1.54) is 0 Å². The quantitative estimate of drug-likeness (QED) is 0.660. The van der Waals surface area contributed by atoms with Crippen molar-refractivity contribution >= 4 is 5.97 Å². The number of carbonyl (C=O) groups is 1. The smallest absolute Gasteiger partial charge is 0.310 e. The molecule has 0 bridgehead atoms. The molecule has 1 rings (SSSR count). The molecule has 82 valence electrons. The molecule has 4 heteroatoms. The van der Waals surface area contributed by atoms with Gasteiger partial charge in [-0.15, -0.1) is 0 Å². The molecule has 0 aliphatic carbocycles. The summed E-state index contributed by atoms with van der Waals surface area (Å²) >= 11 is 0. The summed E-state index contributed by atoms with van der Waals surface area (Å²) in [7, 11) is 0. The zero-order chi connectivity index (χ0) is 10.4. The first-order chi connectivity index (χ1) is 6.77. The number of rotatable bonds is 5. The first kappa shape index (κ1) is 11.5. The highest BCUT2D eigenvalue weighted by atomic mass is 16.5. The van der Waals surface area contributed by atoms with E-state index in [9.17, 15) is 4.79 Å². The van der Waals surface area contributed by atoms with Gasteiger partial charge in [0.2, 0.25) is 0 Å². The summed E-state index contributed by atoms with van der Waals surface area (Å²) in [6.07, 6.45) is 1.74. The monoisotopic (exact) mass is 201 g/mol. The molecular formula is C10H19NO3. The second kappa shape index (κ2) is 5.98. The van der Waals surface area contributed by atoms with E-state index in [0.717, 1.165) is 19.4 Å². The maximum absolute atomic E-state index is 11.4. The number of esters is 1. The second-order valence-electron chi connectivity index (χ2n) is 3.70. The van der Waals surface area contributed by atoms with Crippen molar-refractivity contribution in [1.82, 2.24) is 0 Å². The summed E-state index contributed by atoms with van der Waals surface area (Å²) in [6, 6.07) is 0. The van der Waals surface area contributed by atoms with Gasteiger partial charge in [0, 0.05) is 19.1 Å². The molecule has 1 heterocycles. The highest BCUT2D eigenvalue weighted by Gasteiger charge is 2.20. The highest BCUT2D eigenvalue weighted by Crippen LogP contribution is 2.13. The zero-order valence-corrected chi connectivity index (χ0v) is 8.70. The Labute approximate surface area is 84.7 Å². The molecule has 2 N–H and O–H groups in total. The van der Waals surface area contributed by atoms with Crippen LogP contribution in [0.1, 0.15) is 19.8 Å². The molecule has 0 amide bonds. The van der Waals surface area contributed by atoms with Crippen LogP contribution in [-0.4, -0.2) is 32.3 Å². The molecule has 14 heavy (non-hydrogen) atoms. The Bertz CT molecular complexity index is 174. The van der Waals surface area contributed by atoms with Crippen molar-refractivity contribution < 1.29 is 14.3 Å². The van der Waals surface area contributed by atoms with Crippen LogP contribution in [0, 0.1) is 11.8 Å². The van der Waals surface area contributed by atoms with Crippen molar-refractivity contribution in [3.05, 3.63) is 0 Å². The van der Waals surface area contributed by atoms with E-state index < -0.39 is 0 Å². The molecule has 2 atom stereocenters. The minimum Gasteiger partial charge on any atom is -0.465 e. The summed E-state index contributed by atoms with van der Waals surface area (Å²) < 4.78 is 10.4. The lowest BCUT2D eigenvalue weighted by Crippen LogP contribution is -2.26. The molecule has 1 aliphatic heterocycles. The van der Waals surface area contributed by atoms with Crippen LogP contribution in [0.15, 0.2) is 0 Å². The highest BCUT2D eigenvalue weighted by molar-refractivity contribution is 5.72. The van der Waals surface area contributed by atoms with Gasteiger partial charge < -0.3 is 15.2 Å². The lowest BCUT2D eigenvalue weighted by molar-refractivity contribution is -0.149. The molecule has 1 fully saturated rings. The lowest BCUT2D eigenvalue weighted by atomic mass is 10.1. The standard InChI is InChI=1S/C10H19NO3/c1-2-9(5-11)10(12)14-7-8-3-4-13-6-8/h8-9H,2-7,11H2,1H3. The molecule has 0 radical (unpaired) electrons. The molecule has 0 aromatic heterocycles. The van der Waals surface area contributed by atoms with Gasteiger partial charge in [-0.05, 0) is 12.8 Å². The van der Waals surface area contributed by atoms with Gasteiger partial charge in [0.25, 0.3) is 0 Å². The number of hydrogen-bond acceptors (Lipinski definition) is 4. The molecule has 4 nitrogen and oxygen atoms in total. The van der Waals surface area contributed by atoms with Crippen molar-refractivity contribution in [2.24, 2.45) is 17.6 Å². The SMILES string of the molecule is CCC(CN)C(=O)OCC1CCOC1. The normalized spacial score (nSPS) is 23.4. The Hall–Kier alpha value is -0.610. The fraction of sp³-hybridized carbons (Fsp3) is 0.900. The fourth-order valence-electron chi connectivity index (χ4n) is 1.46. The van der Waals surface area contributed by atoms with Gasteiger partial charge in [0.15, 0.2) is 0 Å². The first-order valence-electron chi connectivity index (χ1n) is 5.22. The van der Waals surface area contributed by atoms with Crippen LogP contribution >= 0.6 is 0 Å². The summed E-state index contributed by atoms with van der Waals surface area (Å²) in [6.45, 7) is 4.30. The van der Waals surface area contributed by atoms with Gasteiger partial charge in [-0.1, -0.05) is 6.92 Å². The van der Waals surface area contributed by atoms with Crippen LogP contribution in [0.3, 0.4) is 0 Å². The van der Waals surface area contributed by atoms with Crippen molar-refractivity contribution in [2.45, 2.75) is 19.8 Å². The molecule has 0 saturated carbocycles. The molecule has 0 spiro atoms. The van der Waals surface area contributed by atoms with Crippen LogP contribution in [0.4, 0.5) is 0 Å². The van der Waals surface area contributed by atoms with E-state index in [0.29, 0.717) is 25.7 Å². The third-order valence-electron chi connectivity index (χ3n) is 2.60. The van der Waals surface area contributed by atoms with Crippen molar-refractivity contribution in [3.8, 4) is 0 Å². The van der Waals surface area contributed by atoms with Gasteiger partial charge in [-0.25, -0.2) is 0 Å². The Kier molecular flexibility index (Phi) is 4.90. The maximum Gasteiger partial charge on any atom is 0.310 e. The Morgan fingerprint density at radius 1 is 1.71 bits per heavy atom. The van der Waals surface area contributed by atoms with E-state index in [-0.39, 0.29) is 11.9 Å². The second-order valence-corrected chi connectivity index (χ2v) is 3.70. The number of hydrogen-bond donors (Lipinski definition) is 1. The van der Waals surface area contributed by atoms with E-state index in [1.807, 2.05) is 6.92 Å². The predicted octanol–water partition coefficient (Wildman–Crippen LogP) is 0.551. The van der Waals surface area contributed by atoms with Crippen LogP contribution in [0.25, 0.3) is 0 Å². The minimum absolute atomic E-state index is 0.141. The van der Waals surface area contributed by atoms with E-state index in [4.69, 9.17) is 15.2 Å². The van der Waals surface area contributed by atoms with E-state index >= 15 is 0 Å². The van der Waals surface area contributed by atoms with Crippen molar-refractivity contribution in [1.29, 1.82) is 0 Å².